The van der Waals surface area contributed by atoms with E-state index in [1.807, 2.05) is 6.92 Å². The highest BCUT2D eigenvalue weighted by Crippen LogP contribution is 2.23. The molecular weight excluding hydrogens is 286 g/mol. The minimum absolute atomic E-state index is 0.0624. The fourth-order valence-electron chi connectivity index (χ4n) is 2.26. The zero-order valence-corrected chi connectivity index (χ0v) is 12.1. The molecule has 0 aliphatic carbocycles. The van der Waals surface area contributed by atoms with Gasteiger partial charge in [0.2, 0.25) is 0 Å². The second-order valence-corrected chi connectivity index (χ2v) is 4.97. The van der Waals surface area contributed by atoms with E-state index in [2.05, 4.69) is 5.10 Å². The fourth-order valence-corrected chi connectivity index (χ4v) is 2.26. The van der Waals surface area contributed by atoms with E-state index in [9.17, 15) is 14.4 Å². The van der Waals surface area contributed by atoms with E-state index < -0.39 is 17.8 Å². The summed E-state index contributed by atoms with van der Waals surface area (Å²) in [7, 11) is 1.76. The molecule has 112 valence electrons. The van der Waals surface area contributed by atoms with Crippen molar-refractivity contribution in [2.24, 2.45) is 7.05 Å². The summed E-state index contributed by atoms with van der Waals surface area (Å²) in [5, 5.41) is 4.54. The quantitative estimate of drug-likeness (QED) is 0.791. The van der Waals surface area contributed by atoms with Gasteiger partial charge >= 0.3 is 5.97 Å². The lowest BCUT2D eigenvalue weighted by Crippen LogP contribution is -2.33. The van der Waals surface area contributed by atoms with E-state index in [1.54, 1.807) is 30.1 Å². The Hall–Kier alpha value is -2.96. The van der Waals surface area contributed by atoms with E-state index in [0.717, 1.165) is 5.69 Å². The van der Waals surface area contributed by atoms with Crippen molar-refractivity contribution in [2.75, 3.05) is 0 Å². The van der Waals surface area contributed by atoms with Crippen LogP contribution in [0.15, 0.2) is 30.5 Å². The van der Waals surface area contributed by atoms with Crippen molar-refractivity contribution in [3.05, 3.63) is 52.8 Å². The summed E-state index contributed by atoms with van der Waals surface area (Å²) in [6.07, 6.45) is 1.49. The number of benzene rings is 1. The van der Waals surface area contributed by atoms with Crippen molar-refractivity contribution >= 4 is 17.8 Å². The molecule has 0 atom stereocenters. The Kier molecular flexibility index (Phi) is 3.25. The van der Waals surface area contributed by atoms with Crippen LogP contribution in [0.1, 0.15) is 32.0 Å². The first-order chi connectivity index (χ1) is 10.5. The van der Waals surface area contributed by atoms with E-state index in [0.29, 0.717) is 10.6 Å². The number of amides is 2. The van der Waals surface area contributed by atoms with Crippen molar-refractivity contribution < 1.29 is 19.2 Å². The number of aryl methyl sites for hydroxylation is 1. The summed E-state index contributed by atoms with van der Waals surface area (Å²) in [6, 6.07) is 6.34. The molecule has 2 aromatic rings. The normalized spacial score (nSPS) is 13.5. The number of carbonyl (C=O) groups excluding carboxylic acids is 3. The monoisotopic (exact) mass is 299 g/mol. The molecule has 22 heavy (non-hydrogen) atoms. The molecule has 1 aliphatic heterocycles. The molecule has 7 nitrogen and oxygen atoms in total. The van der Waals surface area contributed by atoms with Gasteiger partial charge in [-0.2, -0.15) is 5.10 Å². The first-order valence-corrected chi connectivity index (χ1v) is 6.65. The average Bonchev–Trinajstić information content (AvgIpc) is 2.94. The van der Waals surface area contributed by atoms with Crippen LogP contribution in [0.2, 0.25) is 0 Å². The molecular formula is C15H13N3O4. The van der Waals surface area contributed by atoms with Crippen molar-refractivity contribution in [3.8, 4) is 0 Å². The van der Waals surface area contributed by atoms with E-state index in [1.165, 1.54) is 12.1 Å². The molecule has 0 spiro atoms. The van der Waals surface area contributed by atoms with Gasteiger partial charge in [-0.1, -0.05) is 17.2 Å². The number of carbonyl (C=O) groups is 3. The van der Waals surface area contributed by atoms with Gasteiger partial charge in [0.15, 0.2) is 0 Å². The average molecular weight is 299 g/mol. The highest BCUT2D eigenvalue weighted by molar-refractivity contribution is 6.20. The highest BCUT2D eigenvalue weighted by Gasteiger charge is 2.38. The summed E-state index contributed by atoms with van der Waals surface area (Å²) >= 11 is 0. The van der Waals surface area contributed by atoms with Crippen LogP contribution >= 0.6 is 0 Å². The third-order valence-electron chi connectivity index (χ3n) is 3.62. The molecule has 0 radical (unpaired) electrons. The maximum Gasteiger partial charge on any atom is 0.337 e. The minimum atomic E-state index is -0.689. The van der Waals surface area contributed by atoms with Gasteiger partial charge < -0.3 is 4.84 Å². The Morgan fingerprint density at radius 2 is 1.77 bits per heavy atom. The molecule has 0 unspecified atom stereocenters. The lowest BCUT2D eigenvalue weighted by molar-refractivity contribution is -0.167. The fraction of sp³-hybridized carbons (Fsp3) is 0.200. The van der Waals surface area contributed by atoms with Crippen molar-refractivity contribution in [2.45, 2.75) is 13.3 Å². The van der Waals surface area contributed by atoms with Crippen LogP contribution in [0.4, 0.5) is 0 Å². The largest absolute Gasteiger partial charge is 0.337 e. The summed E-state index contributed by atoms with van der Waals surface area (Å²) in [4.78, 5) is 41.1. The predicted octanol–water partition coefficient (Wildman–Crippen LogP) is 1.03. The molecule has 0 bridgehead atoms. The van der Waals surface area contributed by atoms with Crippen molar-refractivity contribution in [1.29, 1.82) is 0 Å². The molecule has 1 aliphatic rings. The van der Waals surface area contributed by atoms with Gasteiger partial charge in [-0.05, 0) is 19.1 Å². The van der Waals surface area contributed by atoms with Gasteiger partial charge in [0.25, 0.3) is 11.8 Å². The smallest absolute Gasteiger partial charge is 0.329 e. The van der Waals surface area contributed by atoms with E-state index in [4.69, 9.17) is 4.84 Å². The highest BCUT2D eigenvalue weighted by atomic mass is 16.7. The van der Waals surface area contributed by atoms with Gasteiger partial charge in [0.05, 0.1) is 23.7 Å². The first kappa shape index (κ1) is 14.0. The standard InChI is InChI=1S/C15H13N3O4/c1-9-10(8-16-17(9)2)7-13(19)22-18-14(20)11-5-3-4-6-12(11)15(18)21/h3-6,8H,7H2,1-2H3. The van der Waals surface area contributed by atoms with Gasteiger partial charge in [-0.3, -0.25) is 14.3 Å². The molecule has 7 heteroatoms. The molecule has 0 saturated heterocycles. The van der Waals surface area contributed by atoms with Crippen LogP contribution in [0.25, 0.3) is 0 Å². The summed E-state index contributed by atoms with van der Waals surface area (Å²) < 4.78 is 1.63. The van der Waals surface area contributed by atoms with Crippen LogP contribution in [-0.4, -0.2) is 32.6 Å². The molecule has 3 rings (SSSR count). The molecule has 0 fully saturated rings. The second kappa shape index (κ2) is 5.10. The Labute approximate surface area is 126 Å². The van der Waals surface area contributed by atoms with Gasteiger partial charge in [0, 0.05) is 18.3 Å². The Morgan fingerprint density at radius 1 is 1.18 bits per heavy atom. The summed E-state index contributed by atoms with van der Waals surface area (Å²) in [5.41, 5.74) is 1.97. The number of rotatable bonds is 3. The lowest BCUT2D eigenvalue weighted by Gasteiger charge is -2.12. The predicted molar refractivity (Wildman–Crippen MR) is 74.7 cm³/mol. The summed E-state index contributed by atoms with van der Waals surface area (Å²) in [6.45, 7) is 1.82. The SMILES string of the molecule is Cc1c(CC(=O)ON2C(=O)c3ccccc3C2=O)cnn1C. The summed E-state index contributed by atoms with van der Waals surface area (Å²) in [5.74, 6) is -1.95. The second-order valence-electron chi connectivity index (χ2n) is 4.97. The van der Waals surface area contributed by atoms with E-state index in [-0.39, 0.29) is 17.5 Å². The zero-order valence-electron chi connectivity index (χ0n) is 12.1. The number of hydrogen-bond acceptors (Lipinski definition) is 5. The van der Waals surface area contributed by atoms with Crippen LogP contribution in [0.5, 0.6) is 0 Å². The molecule has 1 aromatic heterocycles. The molecule has 0 saturated carbocycles. The third kappa shape index (κ3) is 2.16. The van der Waals surface area contributed by atoms with Crippen LogP contribution in [0.3, 0.4) is 0 Å². The van der Waals surface area contributed by atoms with Gasteiger partial charge in [0.1, 0.15) is 0 Å². The molecule has 2 amide bonds. The van der Waals surface area contributed by atoms with E-state index >= 15 is 0 Å². The molecule has 2 heterocycles. The maximum absolute atomic E-state index is 12.1. The van der Waals surface area contributed by atoms with Crippen molar-refractivity contribution in [3.63, 3.8) is 0 Å². The molecule has 1 aromatic carbocycles. The first-order valence-electron chi connectivity index (χ1n) is 6.65. The number of hydrogen-bond donors (Lipinski definition) is 0. The zero-order chi connectivity index (χ0) is 15.9. The topological polar surface area (TPSA) is 81.5 Å². The number of imide groups is 1. The Bertz CT molecular complexity index is 759. The van der Waals surface area contributed by atoms with Crippen LogP contribution in [-0.2, 0) is 23.1 Å². The van der Waals surface area contributed by atoms with Gasteiger partial charge in [-0.25, -0.2) is 4.79 Å². The van der Waals surface area contributed by atoms with Crippen molar-refractivity contribution in [1.82, 2.24) is 14.8 Å². The Morgan fingerprint density at radius 3 is 2.27 bits per heavy atom. The molecule has 0 N–H and O–H groups in total. The minimum Gasteiger partial charge on any atom is -0.329 e. The number of aromatic nitrogens is 2. The Balaban J connectivity index is 1.74. The van der Waals surface area contributed by atoms with Crippen LogP contribution in [0, 0.1) is 6.92 Å². The number of hydroxylamine groups is 2. The third-order valence-corrected chi connectivity index (χ3v) is 3.62. The maximum atomic E-state index is 12.1. The lowest BCUT2D eigenvalue weighted by atomic mass is 10.1. The number of nitrogens with zero attached hydrogens (tertiary/aromatic N) is 3. The van der Waals surface area contributed by atoms with Gasteiger partial charge in [-0.15, -0.1) is 0 Å². The van der Waals surface area contributed by atoms with Crippen LogP contribution < -0.4 is 0 Å². The number of fused-ring (bicyclic) bond motifs is 1.